The number of amides is 1. The van der Waals surface area contributed by atoms with E-state index in [1.54, 1.807) is 0 Å². The van der Waals surface area contributed by atoms with Gasteiger partial charge in [-0.05, 0) is 91.2 Å². The average Bonchev–Trinajstić information content (AvgIpc) is 3.03. The second kappa shape index (κ2) is 12.4. The summed E-state index contributed by atoms with van der Waals surface area (Å²) >= 11 is 12.9. The van der Waals surface area contributed by atoms with Crippen molar-refractivity contribution >= 4 is 39.9 Å². The predicted molar refractivity (Wildman–Crippen MR) is 172 cm³/mol. The second-order valence-electron chi connectivity index (χ2n) is 12.1. The van der Waals surface area contributed by atoms with E-state index in [9.17, 15) is 9.90 Å². The van der Waals surface area contributed by atoms with E-state index in [1.807, 2.05) is 77.7 Å². The molecule has 4 aromatic rings. The molecule has 2 fully saturated rings. The highest BCUT2D eigenvalue weighted by Crippen LogP contribution is 2.41. The molecule has 1 amide bonds. The third-order valence-corrected chi connectivity index (χ3v) is 10.3. The highest BCUT2D eigenvalue weighted by Gasteiger charge is 2.39. The molecule has 1 N–H and O–H groups in total. The van der Waals surface area contributed by atoms with Crippen LogP contribution in [0, 0.1) is 0 Å². The lowest BCUT2D eigenvalue weighted by molar-refractivity contribution is -0.0265. The number of likely N-dealkylation sites (tertiary alicyclic amines) is 2. The molecule has 218 valence electrons. The number of hydrogen-bond donors (Lipinski definition) is 1. The van der Waals surface area contributed by atoms with Crippen LogP contribution in [0.4, 0.5) is 0 Å². The first-order valence-electron chi connectivity index (χ1n) is 15.1. The van der Waals surface area contributed by atoms with Crippen molar-refractivity contribution in [2.45, 2.75) is 49.5 Å². The quantitative estimate of drug-likeness (QED) is 0.233. The van der Waals surface area contributed by atoms with Crippen LogP contribution in [0.25, 0.3) is 10.8 Å². The predicted octanol–water partition coefficient (Wildman–Crippen LogP) is 8.08. The van der Waals surface area contributed by atoms with Gasteiger partial charge in [0.05, 0.1) is 15.6 Å². The Balaban J connectivity index is 1.17. The number of nitrogens with zero attached hydrogens (tertiary/aromatic N) is 2. The van der Waals surface area contributed by atoms with Crippen LogP contribution in [-0.4, -0.2) is 53.5 Å². The Morgan fingerprint density at radius 3 is 2.26 bits per heavy atom. The van der Waals surface area contributed by atoms with Crippen LogP contribution in [0.1, 0.15) is 60.0 Å². The zero-order chi connectivity index (χ0) is 29.2. The van der Waals surface area contributed by atoms with Gasteiger partial charge in [0.2, 0.25) is 0 Å². The standard InChI is InChI=1S/C36H38Cl2N2O2/c37-32-15-14-31(25-33(32)38)35(16-6-20-39-22-18-36(42,19-23-39)30-10-2-1-3-11-30)17-7-21-40(26-35)34(41)29-13-12-27-8-4-5-9-28(27)24-29/h1-5,8-15,24-25,42H,6-7,16-23,26H2. The Morgan fingerprint density at radius 1 is 0.762 bits per heavy atom. The van der Waals surface area contributed by atoms with Gasteiger partial charge in [-0.3, -0.25) is 4.79 Å². The Bertz CT molecular complexity index is 1550. The Labute approximate surface area is 258 Å². The van der Waals surface area contributed by atoms with Crippen molar-refractivity contribution in [1.82, 2.24) is 9.80 Å². The van der Waals surface area contributed by atoms with Crippen molar-refractivity contribution in [3.8, 4) is 0 Å². The van der Waals surface area contributed by atoms with E-state index < -0.39 is 5.60 Å². The maximum absolute atomic E-state index is 13.8. The molecule has 2 aliphatic heterocycles. The van der Waals surface area contributed by atoms with Crippen LogP contribution < -0.4 is 0 Å². The number of rotatable bonds is 7. The first kappa shape index (κ1) is 29.2. The van der Waals surface area contributed by atoms with Gasteiger partial charge >= 0.3 is 0 Å². The normalized spacial score (nSPS) is 21.0. The maximum Gasteiger partial charge on any atom is 0.253 e. The number of carbonyl (C=O) groups is 1. The zero-order valence-corrected chi connectivity index (χ0v) is 25.5. The molecule has 0 aliphatic carbocycles. The van der Waals surface area contributed by atoms with E-state index in [0.717, 1.165) is 92.2 Å². The number of carbonyl (C=O) groups excluding carboxylic acids is 1. The molecule has 1 atom stereocenters. The van der Waals surface area contributed by atoms with Gasteiger partial charge in [-0.2, -0.15) is 0 Å². The largest absolute Gasteiger partial charge is 0.385 e. The Hall–Kier alpha value is -2.89. The third-order valence-electron chi connectivity index (χ3n) is 9.52. The minimum absolute atomic E-state index is 0.0844. The number of halogens is 2. The molecule has 0 bridgehead atoms. The van der Waals surface area contributed by atoms with Crippen LogP contribution in [0.2, 0.25) is 10.0 Å². The third kappa shape index (κ3) is 6.09. The average molecular weight is 602 g/mol. The van der Waals surface area contributed by atoms with Crippen molar-refractivity contribution in [2.24, 2.45) is 0 Å². The van der Waals surface area contributed by atoms with Gasteiger partial charge in [0.1, 0.15) is 0 Å². The maximum atomic E-state index is 13.8. The van der Waals surface area contributed by atoms with E-state index in [4.69, 9.17) is 23.2 Å². The number of hydrogen-bond acceptors (Lipinski definition) is 3. The smallest absolute Gasteiger partial charge is 0.253 e. The van der Waals surface area contributed by atoms with E-state index in [2.05, 4.69) is 23.1 Å². The number of benzene rings is 4. The minimum Gasteiger partial charge on any atom is -0.385 e. The van der Waals surface area contributed by atoms with Gasteiger partial charge in [-0.15, -0.1) is 0 Å². The molecule has 0 aromatic heterocycles. The van der Waals surface area contributed by atoms with Crippen LogP contribution in [-0.2, 0) is 11.0 Å². The summed E-state index contributed by atoms with van der Waals surface area (Å²) in [7, 11) is 0. The molecule has 1 unspecified atom stereocenters. The van der Waals surface area contributed by atoms with Crippen LogP contribution >= 0.6 is 23.2 Å². The SMILES string of the molecule is O=C(c1ccc2ccccc2c1)N1CCCC(CCCN2CCC(O)(c3ccccc3)CC2)(c2ccc(Cl)c(Cl)c2)C1. The van der Waals surface area contributed by atoms with Crippen LogP contribution in [0.3, 0.4) is 0 Å². The second-order valence-corrected chi connectivity index (χ2v) is 13.0. The van der Waals surface area contributed by atoms with Gasteiger partial charge in [-0.1, -0.05) is 89.9 Å². The highest BCUT2D eigenvalue weighted by molar-refractivity contribution is 6.42. The molecule has 0 radical (unpaired) electrons. The molecule has 0 spiro atoms. The lowest BCUT2D eigenvalue weighted by Crippen LogP contribution is -2.49. The molecule has 0 saturated carbocycles. The Morgan fingerprint density at radius 2 is 1.50 bits per heavy atom. The van der Waals surface area contributed by atoms with Crippen LogP contribution in [0.15, 0.2) is 91.0 Å². The number of piperidine rings is 2. The van der Waals surface area contributed by atoms with Gasteiger partial charge < -0.3 is 14.9 Å². The molecular formula is C36H38Cl2N2O2. The minimum atomic E-state index is -0.744. The van der Waals surface area contributed by atoms with Gasteiger partial charge in [-0.25, -0.2) is 0 Å². The van der Waals surface area contributed by atoms with Crippen molar-refractivity contribution in [3.05, 3.63) is 118 Å². The lowest BCUT2D eigenvalue weighted by atomic mass is 9.70. The van der Waals surface area contributed by atoms with Crippen molar-refractivity contribution in [1.29, 1.82) is 0 Å². The summed E-state index contributed by atoms with van der Waals surface area (Å²) in [6, 6.07) is 30.2. The fraction of sp³-hybridized carbons (Fsp3) is 0.361. The fourth-order valence-electron chi connectivity index (χ4n) is 7.04. The summed E-state index contributed by atoms with van der Waals surface area (Å²) in [5, 5.41) is 14.6. The zero-order valence-electron chi connectivity index (χ0n) is 23.9. The first-order chi connectivity index (χ1) is 20.4. The first-order valence-corrected chi connectivity index (χ1v) is 15.8. The van der Waals surface area contributed by atoms with E-state index in [-0.39, 0.29) is 11.3 Å². The summed E-state index contributed by atoms with van der Waals surface area (Å²) in [5.74, 6) is 0.0844. The van der Waals surface area contributed by atoms with E-state index in [1.165, 1.54) is 0 Å². The molecule has 2 saturated heterocycles. The Kier molecular flexibility index (Phi) is 8.61. The van der Waals surface area contributed by atoms with Gasteiger partial charge in [0, 0.05) is 37.2 Å². The topological polar surface area (TPSA) is 43.8 Å². The molecule has 4 nitrogen and oxygen atoms in total. The molecule has 42 heavy (non-hydrogen) atoms. The molecule has 2 heterocycles. The van der Waals surface area contributed by atoms with Crippen LogP contribution in [0.5, 0.6) is 0 Å². The van der Waals surface area contributed by atoms with E-state index >= 15 is 0 Å². The molecule has 4 aromatic carbocycles. The van der Waals surface area contributed by atoms with Gasteiger partial charge in [0.25, 0.3) is 5.91 Å². The highest BCUT2D eigenvalue weighted by atomic mass is 35.5. The summed E-state index contributed by atoms with van der Waals surface area (Å²) in [5.41, 5.74) is 1.97. The monoisotopic (exact) mass is 600 g/mol. The lowest BCUT2D eigenvalue weighted by Gasteiger charge is -2.44. The summed E-state index contributed by atoms with van der Waals surface area (Å²) in [4.78, 5) is 18.3. The van der Waals surface area contributed by atoms with Crippen molar-refractivity contribution in [3.63, 3.8) is 0 Å². The number of fused-ring (bicyclic) bond motifs is 1. The fourth-order valence-corrected chi connectivity index (χ4v) is 7.34. The summed E-state index contributed by atoms with van der Waals surface area (Å²) < 4.78 is 0. The molecule has 6 rings (SSSR count). The molecule has 6 heteroatoms. The number of aliphatic hydroxyl groups is 1. The van der Waals surface area contributed by atoms with Crippen molar-refractivity contribution < 1.29 is 9.90 Å². The summed E-state index contributed by atoms with van der Waals surface area (Å²) in [6.07, 6.45) is 5.37. The summed E-state index contributed by atoms with van der Waals surface area (Å²) in [6.45, 7) is 4.12. The molecule has 2 aliphatic rings. The van der Waals surface area contributed by atoms with Gasteiger partial charge in [0.15, 0.2) is 0 Å². The van der Waals surface area contributed by atoms with E-state index in [0.29, 0.717) is 16.6 Å². The van der Waals surface area contributed by atoms with Crippen molar-refractivity contribution in [2.75, 3.05) is 32.7 Å². The molecular weight excluding hydrogens is 563 g/mol.